The molecule has 146 valence electrons. The SMILES string of the molecule is Cc1nc(NC(=O)c2ccccc2SCC2CCCO2)sc1-c1nccn1C. The molecule has 3 aromatic rings. The standard InChI is InChI=1S/C20H22N4O2S2/c1-13-17(18-21-9-10-24(18)2)28-20(22-13)23-19(25)15-7-3-4-8-16(15)27-12-14-6-5-11-26-14/h3-4,7-10,14H,5-6,11-12H2,1-2H3,(H,22,23,25). The van der Waals surface area contributed by atoms with Gasteiger partial charge in [0, 0.05) is 36.7 Å². The van der Waals surface area contributed by atoms with E-state index in [0.717, 1.165) is 46.5 Å². The molecule has 0 spiro atoms. The van der Waals surface area contributed by atoms with Crippen LogP contribution in [0.25, 0.3) is 10.7 Å². The number of anilines is 1. The molecule has 0 bridgehead atoms. The van der Waals surface area contributed by atoms with Gasteiger partial charge in [-0.3, -0.25) is 10.1 Å². The predicted octanol–water partition coefficient (Wildman–Crippen LogP) is 4.38. The fraction of sp³-hybridized carbons (Fsp3) is 0.350. The Morgan fingerprint density at radius 2 is 2.29 bits per heavy atom. The van der Waals surface area contributed by atoms with Crippen molar-refractivity contribution in [3.05, 3.63) is 47.9 Å². The second-order valence-electron chi connectivity index (χ2n) is 6.69. The van der Waals surface area contributed by atoms with Gasteiger partial charge in [0.15, 0.2) is 11.0 Å². The molecule has 3 heterocycles. The van der Waals surface area contributed by atoms with E-state index in [-0.39, 0.29) is 12.0 Å². The number of rotatable bonds is 6. The molecule has 28 heavy (non-hydrogen) atoms. The molecule has 1 fully saturated rings. The van der Waals surface area contributed by atoms with E-state index >= 15 is 0 Å². The van der Waals surface area contributed by atoms with Crippen molar-refractivity contribution in [2.75, 3.05) is 17.7 Å². The monoisotopic (exact) mass is 414 g/mol. The summed E-state index contributed by atoms with van der Waals surface area (Å²) in [5.74, 6) is 1.57. The van der Waals surface area contributed by atoms with Gasteiger partial charge in [-0.15, -0.1) is 11.8 Å². The van der Waals surface area contributed by atoms with Crippen molar-refractivity contribution >= 4 is 34.1 Å². The highest BCUT2D eigenvalue weighted by atomic mass is 32.2. The number of amides is 1. The Labute approximate surface area is 172 Å². The highest BCUT2D eigenvalue weighted by molar-refractivity contribution is 7.99. The summed E-state index contributed by atoms with van der Waals surface area (Å²) in [5.41, 5.74) is 1.52. The molecular weight excluding hydrogens is 392 g/mol. The minimum Gasteiger partial charge on any atom is -0.377 e. The van der Waals surface area contributed by atoms with E-state index in [2.05, 4.69) is 15.3 Å². The Hall–Kier alpha value is -2.16. The zero-order valence-electron chi connectivity index (χ0n) is 15.8. The molecule has 8 heteroatoms. The molecule has 2 aromatic heterocycles. The van der Waals surface area contributed by atoms with E-state index in [1.54, 1.807) is 18.0 Å². The summed E-state index contributed by atoms with van der Waals surface area (Å²) in [4.78, 5) is 23.7. The lowest BCUT2D eigenvalue weighted by molar-refractivity contribution is 0.102. The Bertz CT molecular complexity index is 976. The number of thioether (sulfide) groups is 1. The number of thiazole rings is 1. The number of carbonyl (C=O) groups is 1. The molecule has 1 saturated heterocycles. The zero-order valence-corrected chi connectivity index (χ0v) is 17.5. The van der Waals surface area contributed by atoms with E-state index in [9.17, 15) is 4.79 Å². The first-order valence-corrected chi connectivity index (χ1v) is 11.0. The van der Waals surface area contributed by atoms with Crippen LogP contribution in [-0.2, 0) is 11.8 Å². The van der Waals surface area contributed by atoms with Crippen molar-refractivity contribution in [2.45, 2.75) is 30.8 Å². The van der Waals surface area contributed by atoms with Gasteiger partial charge in [-0.2, -0.15) is 0 Å². The summed E-state index contributed by atoms with van der Waals surface area (Å²) >= 11 is 3.12. The number of aryl methyl sites for hydroxylation is 2. The lowest BCUT2D eigenvalue weighted by Gasteiger charge is -2.11. The molecule has 6 nitrogen and oxygen atoms in total. The largest absolute Gasteiger partial charge is 0.377 e. The van der Waals surface area contributed by atoms with Gasteiger partial charge in [0.25, 0.3) is 5.91 Å². The number of aromatic nitrogens is 3. The molecule has 1 aromatic carbocycles. The van der Waals surface area contributed by atoms with Crippen LogP contribution in [0.3, 0.4) is 0 Å². The van der Waals surface area contributed by atoms with Crippen LogP contribution in [0.5, 0.6) is 0 Å². The molecule has 1 aliphatic heterocycles. The van der Waals surface area contributed by atoms with Crippen LogP contribution in [0.1, 0.15) is 28.9 Å². The molecule has 4 rings (SSSR count). The summed E-state index contributed by atoms with van der Waals surface area (Å²) in [5, 5.41) is 3.54. The third kappa shape index (κ3) is 4.14. The number of imidazole rings is 1. The van der Waals surface area contributed by atoms with Gasteiger partial charge in [-0.05, 0) is 31.9 Å². The summed E-state index contributed by atoms with van der Waals surface area (Å²) in [6.07, 6.45) is 6.15. The Morgan fingerprint density at radius 3 is 3.04 bits per heavy atom. The smallest absolute Gasteiger partial charge is 0.258 e. The number of benzene rings is 1. The highest BCUT2D eigenvalue weighted by Crippen LogP contribution is 2.32. The second-order valence-corrected chi connectivity index (χ2v) is 8.75. The van der Waals surface area contributed by atoms with Crippen molar-refractivity contribution in [2.24, 2.45) is 7.05 Å². The third-order valence-electron chi connectivity index (χ3n) is 4.62. The first kappa shape index (κ1) is 19.2. The van der Waals surface area contributed by atoms with Gasteiger partial charge in [0.2, 0.25) is 0 Å². The maximum Gasteiger partial charge on any atom is 0.258 e. The minimum atomic E-state index is -0.143. The Kier molecular flexibility index (Phi) is 5.79. The van der Waals surface area contributed by atoms with Crippen LogP contribution in [0, 0.1) is 6.92 Å². The van der Waals surface area contributed by atoms with Crippen molar-refractivity contribution in [1.29, 1.82) is 0 Å². The van der Waals surface area contributed by atoms with Crippen LogP contribution in [0.2, 0.25) is 0 Å². The Morgan fingerprint density at radius 1 is 1.43 bits per heavy atom. The van der Waals surface area contributed by atoms with Gasteiger partial charge in [-0.1, -0.05) is 23.5 Å². The van der Waals surface area contributed by atoms with Crippen molar-refractivity contribution < 1.29 is 9.53 Å². The first-order chi connectivity index (χ1) is 13.6. The fourth-order valence-corrected chi connectivity index (χ4v) is 5.27. The summed E-state index contributed by atoms with van der Waals surface area (Å²) in [6, 6.07) is 7.69. The van der Waals surface area contributed by atoms with Crippen LogP contribution >= 0.6 is 23.1 Å². The minimum absolute atomic E-state index is 0.143. The van der Waals surface area contributed by atoms with Crippen molar-refractivity contribution in [3.8, 4) is 10.7 Å². The van der Waals surface area contributed by atoms with E-state index in [1.807, 2.05) is 49.0 Å². The van der Waals surface area contributed by atoms with E-state index in [4.69, 9.17) is 4.74 Å². The number of carbonyl (C=O) groups excluding carboxylic acids is 1. The van der Waals surface area contributed by atoms with Crippen LogP contribution in [-0.4, -0.2) is 38.9 Å². The quantitative estimate of drug-likeness (QED) is 0.607. The number of ether oxygens (including phenoxy) is 1. The van der Waals surface area contributed by atoms with Crippen LogP contribution in [0.15, 0.2) is 41.6 Å². The van der Waals surface area contributed by atoms with Gasteiger partial charge in [0.1, 0.15) is 0 Å². The zero-order chi connectivity index (χ0) is 19.5. The topological polar surface area (TPSA) is 69.0 Å². The number of hydrogen-bond donors (Lipinski definition) is 1. The Balaban J connectivity index is 1.49. The average Bonchev–Trinajstić information content (AvgIpc) is 3.42. The summed E-state index contributed by atoms with van der Waals surface area (Å²) in [7, 11) is 1.95. The van der Waals surface area contributed by atoms with Gasteiger partial charge in [-0.25, -0.2) is 9.97 Å². The number of nitrogens with one attached hydrogen (secondary N) is 1. The van der Waals surface area contributed by atoms with E-state index in [0.29, 0.717) is 10.7 Å². The van der Waals surface area contributed by atoms with Crippen LogP contribution in [0.4, 0.5) is 5.13 Å². The van der Waals surface area contributed by atoms with E-state index < -0.39 is 0 Å². The molecule has 1 aliphatic rings. The molecule has 1 amide bonds. The third-order valence-corrected chi connectivity index (χ3v) is 6.90. The maximum absolute atomic E-state index is 12.9. The van der Waals surface area contributed by atoms with Crippen molar-refractivity contribution in [1.82, 2.24) is 14.5 Å². The predicted molar refractivity (Wildman–Crippen MR) is 113 cm³/mol. The lowest BCUT2D eigenvalue weighted by atomic mass is 10.2. The first-order valence-electron chi connectivity index (χ1n) is 9.21. The highest BCUT2D eigenvalue weighted by Gasteiger charge is 2.19. The fourth-order valence-electron chi connectivity index (χ4n) is 3.14. The molecule has 1 unspecified atom stereocenters. The molecule has 1 N–H and O–H groups in total. The van der Waals surface area contributed by atoms with Crippen LogP contribution < -0.4 is 5.32 Å². The normalized spacial score (nSPS) is 16.4. The molecular formula is C20H22N4O2S2. The lowest BCUT2D eigenvalue weighted by Crippen LogP contribution is -2.14. The van der Waals surface area contributed by atoms with Crippen molar-refractivity contribution in [3.63, 3.8) is 0 Å². The number of nitrogens with zero attached hydrogens (tertiary/aromatic N) is 3. The number of hydrogen-bond acceptors (Lipinski definition) is 6. The van der Waals surface area contributed by atoms with Gasteiger partial charge >= 0.3 is 0 Å². The molecule has 0 radical (unpaired) electrons. The second kappa shape index (κ2) is 8.46. The summed E-state index contributed by atoms with van der Waals surface area (Å²) in [6.45, 7) is 2.77. The molecule has 0 saturated carbocycles. The average molecular weight is 415 g/mol. The van der Waals surface area contributed by atoms with Gasteiger partial charge in [0.05, 0.1) is 22.2 Å². The van der Waals surface area contributed by atoms with E-state index in [1.165, 1.54) is 11.3 Å². The molecule has 0 aliphatic carbocycles. The van der Waals surface area contributed by atoms with Gasteiger partial charge < -0.3 is 9.30 Å². The molecule has 1 atom stereocenters. The summed E-state index contributed by atoms with van der Waals surface area (Å²) < 4.78 is 7.64. The maximum atomic E-state index is 12.9.